The van der Waals surface area contributed by atoms with Gasteiger partial charge < -0.3 is 10.1 Å². The van der Waals surface area contributed by atoms with Crippen LogP contribution in [0.15, 0.2) is 18.2 Å². The van der Waals surface area contributed by atoms with Crippen molar-refractivity contribution in [3.8, 4) is 6.07 Å². The first kappa shape index (κ1) is 12.2. The van der Waals surface area contributed by atoms with Crippen molar-refractivity contribution in [2.45, 2.75) is 25.3 Å². The molecule has 17 heavy (non-hydrogen) atoms. The lowest BCUT2D eigenvalue weighted by atomic mass is 10.1. The predicted molar refractivity (Wildman–Crippen MR) is 68.2 cm³/mol. The third kappa shape index (κ3) is 3.36. The number of rotatable bonds is 2. The molecule has 0 bridgehead atoms. The number of nitrogens with one attached hydrogen (secondary N) is 1. The van der Waals surface area contributed by atoms with Gasteiger partial charge in [0, 0.05) is 24.9 Å². The molecule has 1 N–H and O–H groups in total. The molecule has 1 aromatic carbocycles. The molecule has 4 heteroatoms. The molecule has 1 aromatic rings. The van der Waals surface area contributed by atoms with Crippen molar-refractivity contribution in [3.63, 3.8) is 0 Å². The second kappa shape index (κ2) is 5.90. The molecule has 1 saturated heterocycles. The zero-order chi connectivity index (χ0) is 12.1. The molecule has 1 atom stereocenters. The van der Waals surface area contributed by atoms with Gasteiger partial charge in [-0.1, -0.05) is 11.6 Å². The van der Waals surface area contributed by atoms with E-state index in [1.165, 1.54) is 0 Å². The first-order valence-corrected chi connectivity index (χ1v) is 6.21. The summed E-state index contributed by atoms with van der Waals surface area (Å²) in [5.74, 6) is 0. The van der Waals surface area contributed by atoms with Gasteiger partial charge in [0.25, 0.3) is 0 Å². The highest BCUT2D eigenvalue weighted by atomic mass is 35.5. The van der Waals surface area contributed by atoms with Crippen molar-refractivity contribution in [3.05, 3.63) is 28.8 Å². The summed E-state index contributed by atoms with van der Waals surface area (Å²) < 4.78 is 5.41. The van der Waals surface area contributed by atoms with E-state index in [0.717, 1.165) is 38.2 Å². The van der Waals surface area contributed by atoms with E-state index in [1.807, 2.05) is 12.1 Å². The van der Waals surface area contributed by atoms with Crippen molar-refractivity contribution in [1.82, 2.24) is 0 Å². The Morgan fingerprint density at radius 2 is 2.24 bits per heavy atom. The molecule has 0 radical (unpaired) electrons. The lowest BCUT2D eigenvalue weighted by molar-refractivity contribution is 0.144. The topological polar surface area (TPSA) is 45.0 Å². The van der Waals surface area contributed by atoms with Crippen molar-refractivity contribution < 1.29 is 4.74 Å². The Hall–Kier alpha value is -1.24. The number of nitrogens with zero attached hydrogens (tertiary/aromatic N) is 1. The van der Waals surface area contributed by atoms with Crippen LogP contribution >= 0.6 is 11.6 Å². The average molecular weight is 251 g/mol. The van der Waals surface area contributed by atoms with Crippen LogP contribution in [0.4, 0.5) is 5.69 Å². The van der Waals surface area contributed by atoms with E-state index in [-0.39, 0.29) is 0 Å². The van der Waals surface area contributed by atoms with E-state index in [2.05, 4.69) is 11.4 Å². The Morgan fingerprint density at radius 1 is 1.35 bits per heavy atom. The number of hydrogen-bond donors (Lipinski definition) is 1. The Kier molecular flexibility index (Phi) is 4.24. The van der Waals surface area contributed by atoms with Gasteiger partial charge in [-0.3, -0.25) is 0 Å². The maximum Gasteiger partial charge on any atom is 0.101 e. The van der Waals surface area contributed by atoms with Gasteiger partial charge in [-0.15, -0.1) is 0 Å². The lowest BCUT2D eigenvalue weighted by Crippen LogP contribution is -2.19. The minimum Gasteiger partial charge on any atom is -0.382 e. The minimum absolute atomic E-state index is 0.432. The number of nitriles is 1. The highest BCUT2D eigenvalue weighted by Crippen LogP contribution is 2.22. The molecule has 1 aliphatic heterocycles. The van der Waals surface area contributed by atoms with Crippen LogP contribution in [0, 0.1) is 11.3 Å². The molecule has 1 heterocycles. The van der Waals surface area contributed by atoms with E-state index >= 15 is 0 Å². The zero-order valence-electron chi connectivity index (χ0n) is 9.58. The van der Waals surface area contributed by atoms with Crippen molar-refractivity contribution in [1.29, 1.82) is 5.26 Å². The van der Waals surface area contributed by atoms with Gasteiger partial charge in [-0.2, -0.15) is 5.26 Å². The van der Waals surface area contributed by atoms with E-state index in [1.54, 1.807) is 6.07 Å². The quantitative estimate of drug-likeness (QED) is 0.877. The molecule has 1 aliphatic rings. The average Bonchev–Trinajstić information content (AvgIpc) is 2.58. The highest BCUT2D eigenvalue weighted by molar-refractivity contribution is 6.32. The maximum atomic E-state index is 8.80. The van der Waals surface area contributed by atoms with E-state index in [0.29, 0.717) is 16.6 Å². The van der Waals surface area contributed by atoms with Gasteiger partial charge in [-0.05, 0) is 37.5 Å². The van der Waals surface area contributed by atoms with Crippen LogP contribution in [-0.2, 0) is 4.74 Å². The Balaban J connectivity index is 2.03. The zero-order valence-corrected chi connectivity index (χ0v) is 10.3. The predicted octanol–water partition coefficient (Wildman–Crippen LogP) is 3.19. The van der Waals surface area contributed by atoms with Crippen LogP contribution in [0.2, 0.25) is 5.02 Å². The van der Waals surface area contributed by atoms with Crippen molar-refractivity contribution in [2.24, 2.45) is 0 Å². The van der Waals surface area contributed by atoms with Gasteiger partial charge in [0.1, 0.15) is 6.07 Å². The Labute approximate surface area is 106 Å². The molecule has 0 aromatic heterocycles. The minimum atomic E-state index is 0.432. The van der Waals surface area contributed by atoms with Crippen LogP contribution in [0.5, 0.6) is 0 Å². The van der Waals surface area contributed by atoms with Crippen LogP contribution < -0.4 is 5.32 Å². The first-order valence-electron chi connectivity index (χ1n) is 5.83. The monoisotopic (exact) mass is 250 g/mol. The fraction of sp³-hybridized carbons (Fsp3) is 0.462. The molecule has 0 saturated carbocycles. The number of halogens is 1. The van der Waals surface area contributed by atoms with Gasteiger partial charge in [0.05, 0.1) is 10.6 Å². The number of hydrogen-bond acceptors (Lipinski definition) is 3. The van der Waals surface area contributed by atoms with Crippen LogP contribution in [0.1, 0.15) is 24.8 Å². The molecule has 1 fully saturated rings. The fourth-order valence-corrected chi connectivity index (χ4v) is 2.20. The van der Waals surface area contributed by atoms with E-state index in [9.17, 15) is 0 Å². The van der Waals surface area contributed by atoms with Gasteiger partial charge in [-0.25, -0.2) is 0 Å². The summed E-state index contributed by atoms with van der Waals surface area (Å²) in [7, 11) is 0. The van der Waals surface area contributed by atoms with Gasteiger partial charge in [0.15, 0.2) is 0 Å². The summed E-state index contributed by atoms with van der Waals surface area (Å²) in [5.41, 5.74) is 1.49. The third-order valence-electron chi connectivity index (χ3n) is 2.91. The molecule has 1 unspecified atom stereocenters. The highest BCUT2D eigenvalue weighted by Gasteiger charge is 2.12. The summed E-state index contributed by atoms with van der Waals surface area (Å²) in [4.78, 5) is 0. The summed E-state index contributed by atoms with van der Waals surface area (Å²) >= 11 is 5.99. The van der Waals surface area contributed by atoms with E-state index in [4.69, 9.17) is 21.6 Å². The molecule has 90 valence electrons. The maximum absolute atomic E-state index is 8.80. The third-order valence-corrected chi connectivity index (χ3v) is 3.22. The van der Waals surface area contributed by atoms with Gasteiger partial charge in [0.2, 0.25) is 0 Å². The van der Waals surface area contributed by atoms with Crippen molar-refractivity contribution in [2.75, 3.05) is 18.5 Å². The lowest BCUT2D eigenvalue weighted by Gasteiger charge is -2.17. The molecule has 2 rings (SSSR count). The number of ether oxygens (including phenoxy) is 1. The second-order valence-corrected chi connectivity index (χ2v) is 4.60. The Bertz CT molecular complexity index is 420. The van der Waals surface area contributed by atoms with E-state index < -0.39 is 0 Å². The molecule has 0 amide bonds. The summed E-state index contributed by atoms with van der Waals surface area (Å²) in [6, 6.07) is 7.95. The van der Waals surface area contributed by atoms with Crippen LogP contribution in [0.3, 0.4) is 0 Å². The largest absolute Gasteiger partial charge is 0.382 e. The molecular formula is C13H15ClN2O. The summed E-state index contributed by atoms with van der Waals surface area (Å²) in [6.07, 6.45) is 3.21. The first-order chi connectivity index (χ1) is 8.29. The smallest absolute Gasteiger partial charge is 0.101 e. The Morgan fingerprint density at radius 3 is 3.00 bits per heavy atom. The fourth-order valence-electron chi connectivity index (χ4n) is 1.98. The van der Waals surface area contributed by atoms with Crippen LogP contribution in [0.25, 0.3) is 0 Å². The molecule has 0 aliphatic carbocycles. The normalized spacial score (nSPS) is 20.4. The van der Waals surface area contributed by atoms with Crippen molar-refractivity contribution >= 4 is 17.3 Å². The molecule has 0 spiro atoms. The molecule has 3 nitrogen and oxygen atoms in total. The second-order valence-electron chi connectivity index (χ2n) is 4.19. The summed E-state index contributed by atoms with van der Waals surface area (Å²) in [6.45, 7) is 1.66. The number of anilines is 1. The SMILES string of the molecule is N#Cc1ccc(NC2CCCOCC2)cc1Cl. The molecular weight excluding hydrogens is 236 g/mol. The summed E-state index contributed by atoms with van der Waals surface area (Å²) in [5, 5.41) is 12.7. The standard InChI is InChI=1S/C13H15ClN2O/c14-13-8-12(4-3-10(13)9-15)16-11-2-1-6-17-7-5-11/h3-4,8,11,16H,1-2,5-7H2. The van der Waals surface area contributed by atoms with Crippen LogP contribution in [-0.4, -0.2) is 19.3 Å². The number of benzene rings is 1. The van der Waals surface area contributed by atoms with Gasteiger partial charge >= 0.3 is 0 Å².